The topological polar surface area (TPSA) is 51.6 Å². The maximum atomic E-state index is 5.16. The Bertz CT molecular complexity index is 3290. The Labute approximate surface area is 311 Å². The van der Waals surface area contributed by atoms with Gasteiger partial charge in [0.25, 0.3) is 0 Å². The van der Waals surface area contributed by atoms with Crippen molar-refractivity contribution in [2.45, 2.75) is 0 Å². The van der Waals surface area contributed by atoms with Gasteiger partial charge in [0, 0.05) is 44.4 Å². The van der Waals surface area contributed by atoms with Crippen molar-refractivity contribution in [2.24, 2.45) is 0 Å². The summed E-state index contributed by atoms with van der Waals surface area (Å²) in [5.41, 5.74) is 12.3. The van der Waals surface area contributed by atoms with Crippen molar-refractivity contribution in [1.82, 2.24) is 19.9 Å². The van der Waals surface area contributed by atoms with Gasteiger partial charge in [0.15, 0.2) is 0 Å². The molecule has 4 nitrogen and oxygen atoms in total. The van der Waals surface area contributed by atoms with Crippen LogP contribution < -0.4 is 0 Å². The van der Waals surface area contributed by atoms with Crippen LogP contribution >= 0.6 is 0 Å². The Morgan fingerprint density at radius 1 is 0.296 bits per heavy atom. The van der Waals surface area contributed by atoms with Crippen LogP contribution in [0.1, 0.15) is 0 Å². The van der Waals surface area contributed by atoms with Crippen LogP contribution in [0.15, 0.2) is 182 Å². The van der Waals surface area contributed by atoms with Crippen LogP contribution in [0.2, 0.25) is 0 Å². The molecule has 54 heavy (non-hydrogen) atoms. The van der Waals surface area contributed by atoms with E-state index >= 15 is 0 Å². The quantitative estimate of drug-likeness (QED) is 0.173. The van der Waals surface area contributed by atoms with Gasteiger partial charge in [0.1, 0.15) is 0 Å². The van der Waals surface area contributed by atoms with E-state index in [0.717, 1.165) is 99.3 Å². The first-order chi connectivity index (χ1) is 26.7. The van der Waals surface area contributed by atoms with E-state index in [1.807, 2.05) is 12.3 Å². The summed E-state index contributed by atoms with van der Waals surface area (Å²) in [6, 6.07) is 62.2. The zero-order valence-electron chi connectivity index (χ0n) is 29.1. The molecule has 250 valence electrons. The van der Waals surface area contributed by atoms with E-state index < -0.39 is 0 Å². The third-order valence-corrected chi connectivity index (χ3v) is 10.6. The molecule has 0 aliphatic rings. The number of hydrogen-bond acceptors (Lipinski definition) is 4. The Morgan fingerprint density at radius 3 is 1.74 bits per heavy atom. The third kappa shape index (κ3) is 5.15. The highest BCUT2D eigenvalue weighted by Crippen LogP contribution is 2.33. The molecule has 0 aliphatic heterocycles. The normalized spacial score (nSPS) is 11.7. The van der Waals surface area contributed by atoms with Gasteiger partial charge in [0.05, 0.1) is 39.1 Å². The molecule has 4 heteroatoms. The molecule has 4 aromatic heterocycles. The lowest BCUT2D eigenvalue weighted by atomic mass is 9.99. The molecule has 0 N–H and O–H groups in total. The van der Waals surface area contributed by atoms with Crippen LogP contribution in [0, 0.1) is 0 Å². The van der Waals surface area contributed by atoms with E-state index in [2.05, 4.69) is 175 Å². The minimum Gasteiger partial charge on any atom is -0.254 e. The van der Waals surface area contributed by atoms with Crippen LogP contribution in [0.5, 0.6) is 0 Å². The van der Waals surface area contributed by atoms with Crippen LogP contribution in [-0.2, 0) is 0 Å². The van der Waals surface area contributed by atoms with Gasteiger partial charge in [0.2, 0.25) is 0 Å². The molecule has 7 aromatic carbocycles. The van der Waals surface area contributed by atoms with E-state index in [1.54, 1.807) is 0 Å². The average Bonchev–Trinajstić information content (AvgIpc) is 3.24. The van der Waals surface area contributed by atoms with Gasteiger partial charge in [-0.25, -0.2) is 15.0 Å². The predicted molar refractivity (Wildman–Crippen MR) is 224 cm³/mol. The molecule has 0 saturated carbocycles. The van der Waals surface area contributed by atoms with Gasteiger partial charge in [-0.05, 0) is 87.3 Å². The molecule has 0 amide bonds. The minimum absolute atomic E-state index is 0.926. The summed E-state index contributed by atoms with van der Waals surface area (Å²) in [6.45, 7) is 0. The molecule has 0 fully saturated rings. The SMILES string of the molecule is c1ccc2c(-c3ccc4cc(-c5ccc6ccc(-c7ccc8cc(-c9ccc%10ccc%11cccnc%11c%10n9)ccc8c7)nc6c5)ccc4n3)cccc2c1. The summed E-state index contributed by atoms with van der Waals surface area (Å²) in [4.78, 5) is 19.9. The van der Waals surface area contributed by atoms with Gasteiger partial charge < -0.3 is 0 Å². The maximum absolute atomic E-state index is 5.16. The van der Waals surface area contributed by atoms with Crippen molar-refractivity contribution in [3.05, 3.63) is 182 Å². The molecule has 0 unspecified atom stereocenters. The van der Waals surface area contributed by atoms with Gasteiger partial charge in [-0.2, -0.15) is 0 Å². The van der Waals surface area contributed by atoms with Crippen molar-refractivity contribution in [3.8, 4) is 44.9 Å². The Morgan fingerprint density at radius 2 is 0.870 bits per heavy atom. The maximum Gasteiger partial charge on any atom is 0.0972 e. The van der Waals surface area contributed by atoms with Gasteiger partial charge in [-0.3, -0.25) is 4.98 Å². The predicted octanol–water partition coefficient (Wildman–Crippen LogP) is 12.9. The van der Waals surface area contributed by atoms with E-state index in [9.17, 15) is 0 Å². The molecule has 0 saturated heterocycles. The fourth-order valence-electron chi connectivity index (χ4n) is 7.81. The second-order valence-electron chi connectivity index (χ2n) is 13.9. The van der Waals surface area contributed by atoms with Crippen molar-refractivity contribution in [2.75, 3.05) is 0 Å². The number of pyridine rings is 4. The lowest BCUT2D eigenvalue weighted by molar-refractivity contribution is 1.37. The van der Waals surface area contributed by atoms with Gasteiger partial charge in [-0.15, -0.1) is 0 Å². The Kier molecular flexibility index (Phi) is 6.82. The van der Waals surface area contributed by atoms with E-state index in [1.165, 1.54) is 10.8 Å². The zero-order chi connectivity index (χ0) is 35.6. The molecule has 11 rings (SSSR count). The fraction of sp³-hybridized carbons (Fsp3) is 0. The standard InChI is InChI=1S/C50H30N4/c1-2-8-42-31(5-1)6-3-9-43(42)47-25-21-41-29-37(20-24-44(41)52-47)38-13-10-32-18-22-45(53-48(32)30-38)39-16-14-36-28-40(17-15-35(36)27-39)46-23-19-34-12-11-33-7-4-26-51-49(33)50(34)54-46/h1-30H. The highest BCUT2D eigenvalue weighted by molar-refractivity contribution is 6.04. The van der Waals surface area contributed by atoms with E-state index in [-0.39, 0.29) is 0 Å². The molecule has 0 atom stereocenters. The lowest BCUT2D eigenvalue weighted by Crippen LogP contribution is -1.90. The first-order valence-electron chi connectivity index (χ1n) is 18.2. The van der Waals surface area contributed by atoms with Crippen molar-refractivity contribution in [3.63, 3.8) is 0 Å². The molecule has 0 radical (unpaired) electrons. The second kappa shape index (κ2) is 12.1. The van der Waals surface area contributed by atoms with Crippen LogP contribution in [0.4, 0.5) is 0 Å². The fourth-order valence-corrected chi connectivity index (χ4v) is 7.81. The lowest BCUT2D eigenvalue weighted by Gasteiger charge is -2.10. The Hall–Kier alpha value is -7.30. The van der Waals surface area contributed by atoms with Gasteiger partial charge in [-0.1, -0.05) is 121 Å². The minimum atomic E-state index is 0.926. The summed E-state index contributed by atoms with van der Waals surface area (Å²) in [7, 11) is 0. The van der Waals surface area contributed by atoms with Crippen molar-refractivity contribution in [1.29, 1.82) is 0 Å². The first-order valence-corrected chi connectivity index (χ1v) is 18.2. The first kappa shape index (κ1) is 30.3. The second-order valence-corrected chi connectivity index (χ2v) is 13.9. The average molecular weight is 687 g/mol. The van der Waals surface area contributed by atoms with Crippen LogP contribution in [0.25, 0.3) is 110 Å². The molecular formula is C50H30N4. The molecule has 0 aliphatic carbocycles. The van der Waals surface area contributed by atoms with E-state index in [4.69, 9.17) is 15.0 Å². The largest absolute Gasteiger partial charge is 0.254 e. The number of aromatic nitrogens is 4. The van der Waals surface area contributed by atoms with Crippen molar-refractivity contribution >= 4 is 65.2 Å². The molecule has 0 spiro atoms. The summed E-state index contributed by atoms with van der Waals surface area (Å²) in [5.74, 6) is 0. The highest BCUT2D eigenvalue weighted by Gasteiger charge is 2.11. The monoisotopic (exact) mass is 686 g/mol. The summed E-state index contributed by atoms with van der Waals surface area (Å²) < 4.78 is 0. The summed E-state index contributed by atoms with van der Waals surface area (Å²) in [5, 5.41) is 9.16. The Balaban J connectivity index is 0.901. The number of rotatable bonds is 4. The zero-order valence-corrected chi connectivity index (χ0v) is 29.1. The third-order valence-electron chi connectivity index (χ3n) is 10.6. The number of fused-ring (bicyclic) bond motifs is 7. The molecule has 0 bridgehead atoms. The highest BCUT2D eigenvalue weighted by atomic mass is 14.8. The summed E-state index contributed by atoms with van der Waals surface area (Å²) in [6.07, 6.45) is 1.83. The number of benzene rings is 7. The van der Waals surface area contributed by atoms with Crippen LogP contribution in [0.3, 0.4) is 0 Å². The smallest absolute Gasteiger partial charge is 0.0972 e. The molecule has 11 aromatic rings. The number of nitrogens with zero attached hydrogens (tertiary/aromatic N) is 4. The molecule has 4 heterocycles. The van der Waals surface area contributed by atoms with Gasteiger partial charge >= 0.3 is 0 Å². The van der Waals surface area contributed by atoms with E-state index in [0.29, 0.717) is 0 Å². The number of hydrogen-bond donors (Lipinski definition) is 0. The van der Waals surface area contributed by atoms with Crippen molar-refractivity contribution < 1.29 is 0 Å². The van der Waals surface area contributed by atoms with Crippen LogP contribution in [-0.4, -0.2) is 19.9 Å². The summed E-state index contributed by atoms with van der Waals surface area (Å²) >= 11 is 0. The molecular weight excluding hydrogens is 657 g/mol.